The number of hydrogen-bond donors (Lipinski definition) is 1. The van der Waals surface area contributed by atoms with Crippen LogP contribution >= 0.6 is 0 Å². The second-order valence-corrected chi connectivity index (χ2v) is 12.2. The number of allylic oxidation sites excluding steroid dienone is 1. The first-order valence-corrected chi connectivity index (χ1v) is 13.1. The first-order valence-electron chi connectivity index (χ1n) is 13.1. The van der Waals surface area contributed by atoms with Crippen LogP contribution in [0.15, 0.2) is 60.0 Å². The normalized spacial score (nSPS) is 42.7. The number of aromatic nitrogens is 1. The van der Waals surface area contributed by atoms with Crippen molar-refractivity contribution < 1.29 is 9.84 Å². The highest BCUT2D eigenvalue weighted by molar-refractivity contribution is 5.82. The van der Waals surface area contributed by atoms with Crippen molar-refractivity contribution in [2.24, 2.45) is 11.3 Å². The van der Waals surface area contributed by atoms with Gasteiger partial charge in [-0.1, -0.05) is 31.2 Å². The molecule has 2 aliphatic heterocycles. The molecule has 5 aliphatic rings. The summed E-state index contributed by atoms with van der Waals surface area (Å²) in [7, 11) is 4.19. The Balaban J connectivity index is 1.28. The van der Waals surface area contributed by atoms with E-state index in [1.165, 1.54) is 40.3 Å². The molecule has 34 heavy (non-hydrogen) atoms. The summed E-state index contributed by atoms with van der Waals surface area (Å²) in [5.41, 5.74) is 4.09. The maximum Gasteiger partial charge on any atom is 0.0974 e. The molecule has 178 valence electrons. The number of likely N-dealkylation sites (N-methyl/N-ethyl adjacent to an activating group) is 1. The van der Waals surface area contributed by atoms with Gasteiger partial charge in [-0.05, 0) is 111 Å². The zero-order valence-corrected chi connectivity index (χ0v) is 20.6. The third-order valence-electron chi connectivity index (χ3n) is 10.5. The van der Waals surface area contributed by atoms with E-state index in [-0.39, 0.29) is 28.8 Å². The summed E-state index contributed by atoms with van der Waals surface area (Å²) >= 11 is 0. The summed E-state index contributed by atoms with van der Waals surface area (Å²) in [6.07, 6.45) is 15.9. The van der Waals surface area contributed by atoms with E-state index < -0.39 is 0 Å². The molecular formula is C30H36N2O2. The minimum Gasteiger partial charge on any atom is -0.391 e. The zero-order chi connectivity index (χ0) is 23.3. The van der Waals surface area contributed by atoms with E-state index in [2.05, 4.69) is 67.3 Å². The Hall–Kier alpha value is -2.01. The molecule has 1 aromatic heterocycles. The van der Waals surface area contributed by atoms with E-state index in [1.54, 1.807) is 0 Å². The Bertz CT molecular complexity index is 1230. The Labute approximate surface area is 202 Å². The van der Waals surface area contributed by atoms with Crippen molar-refractivity contribution in [1.82, 2.24) is 9.88 Å². The predicted octanol–water partition coefficient (Wildman–Crippen LogP) is 5.38. The van der Waals surface area contributed by atoms with Crippen LogP contribution in [0.5, 0.6) is 0 Å². The van der Waals surface area contributed by atoms with Crippen LogP contribution < -0.4 is 0 Å². The van der Waals surface area contributed by atoms with E-state index in [0.717, 1.165) is 32.1 Å². The first-order chi connectivity index (χ1) is 16.3. The van der Waals surface area contributed by atoms with Gasteiger partial charge in [0.15, 0.2) is 0 Å². The van der Waals surface area contributed by atoms with E-state index in [4.69, 9.17) is 4.74 Å². The summed E-state index contributed by atoms with van der Waals surface area (Å²) in [4.78, 5) is 6.56. The molecule has 3 fully saturated rings. The molecule has 7 rings (SSSR count). The van der Waals surface area contributed by atoms with Crippen molar-refractivity contribution in [2.75, 3.05) is 14.1 Å². The Morgan fingerprint density at radius 1 is 1.12 bits per heavy atom. The molecule has 2 bridgehead atoms. The zero-order valence-electron chi connectivity index (χ0n) is 20.6. The van der Waals surface area contributed by atoms with Gasteiger partial charge in [-0.15, -0.1) is 0 Å². The Kier molecular flexibility index (Phi) is 4.40. The molecular weight excluding hydrogens is 420 g/mol. The third kappa shape index (κ3) is 2.68. The van der Waals surface area contributed by atoms with E-state index in [1.807, 2.05) is 12.4 Å². The number of ether oxygens (including phenoxy) is 1. The lowest BCUT2D eigenvalue weighted by Gasteiger charge is -2.55. The fourth-order valence-electron chi connectivity index (χ4n) is 8.75. The van der Waals surface area contributed by atoms with Crippen LogP contribution in [0.2, 0.25) is 0 Å². The van der Waals surface area contributed by atoms with E-state index >= 15 is 0 Å². The Morgan fingerprint density at radius 3 is 2.85 bits per heavy atom. The second-order valence-electron chi connectivity index (χ2n) is 12.2. The van der Waals surface area contributed by atoms with Crippen LogP contribution in [0, 0.1) is 11.3 Å². The molecule has 3 heterocycles. The molecule has 2 spiro atoms. The smallest absolute Gasteiger partial charge is 0.0974 e. The van der Waals surface area contributed by atoms with Crippen molar-refractivity contribution in [2.45, 2.75) is 81.1 Å². The molecule has 1 N–H and O–H groups in total. The lowest BCUT2D eigenvalue weighted by Crippen LogP contribution is -2.57. The van der Waals surface area contributed by atoms with Crippen molar-refractivity contribution in [3.63, 3.8) is 0 Å². The minimum atomic E-state index is -0.309. The van der Waals surface area contributed by atoms with Gasteiger partial charge in [0.25, 0.3) is 0 Å². The summed E-state index contributed by atoms with van der Waals surface area (Å²) in [6.45, 7) is 2.53. The van der Waals surface area contributed by atoms with Gasteiger partial charge < -0.3 is 14.7 Å². The first kappa shape index (κ1) is 21.3. The minimum absolute atomic E-state index is 0.150. The van der Waals surface area contributed by atoms with Crippen molar-refractivity contribution in [3.8, 4) is 0 Å². The average molecular weight is 457 g/mol. The molecule has 7 atom stereocenters. The highest BCUT2D eigenvalue weighted by atomic mass is 16.5. The largest absolute Gasteiger partial charge is 0.391 e. The van der Waals surface area contributed by atoms with Crippen LogP contribution in [-0.2, 0) is 4.74 Å². The van der Waals surface area contributed by atoms with Gasteiger partial charge in [-0.2, -0.15) is 0 Å². The maximum absolute atomic E-state index is 10.9. The molecule has 1 aromatic carbocycles. The highest BCUT2D eigenvalue weighted by Crippen LogP contribution is 2.69. The quantitative estimate of drug-likeness (QED) is 0.659. The summed E-state index contributed by atoms with van der Waals surface area (Å²) < 4.78 is 7.36. The van der Waals surface area contributed by atoms with Crippen molar-refractivity contribution in [3.05, 3.63) is 65.5 Å². The molecule has 4 nitrogen and oxygen atoms in total. The molecule has 4 heteroatoms. The molecule has 2 aromatic rings. The number of pyridine rings is 1. The van der Waals surface area contributed by atoms with Crippen LogP contribution in [0.4, 0.5) is 0 Å². The van der Waals surface area contributed by atoms with E-state index in [9.17, 15) is 5.11 Å². The molecule has 0 radical (unpaired) electrons. The lowest BCUT2D eigenvalue weighted by atomic mass is 9.58. The fraction of sp³-hybridized carbons (Fsp3) is 0.567. The van der Waals surface area contributed by atoms with Gasteiger partial charge in [0.1, 0.15) is 0 Å². The lowest BCUT2D eigenvalue weighted by molar-refractivity contribution is -0.148. The van der Waals surface area contributed by atoms with Gasteiger partial charge >= 0.3 is 0 Å². The number of benzene rings is 1. The van der Waals surface area contributed by atoms with Gasteiger partial charge in [-0.25, -0.2) is 0 Å². The molecule has 0 amide bonds. The van der Waals surface area contributed by atoms with Crippen molar-refractivity contribution >= 4 is 10.8 Å². The number of fused-ring (bicyclic) bond motifs is 2. The number of aliphatic hydroxyl groups excluding tert-OH is 1. The fourth-order valence-corrected chi connectivity index (χ4v) is 8.75. The number of aliphatic hydroxyl groups is 1. The summed E-state index contributed by atoms with van der Waals surface area (Å²) in [6, 6.07) is 9.29. The average Bonchev–Trinajstić information content (AvgIpc) is 3.34. The molecule has 2 saturated carbocycles. The van der Waals surface area contributed by atoms with E-state index in [0.29, 0.717) is 11.8 Å². The van der Waals surface area contributed by atoms with Crippen LogP contribution in [0.25, 0.3) is 10.8 Å². The molecule has 1 unspecified atom stereocenters. The number of rotatable bonds is 2. The number of nitrogens with zero attached hydrogens (tertiary/aromatic N) is 2. The topological polar surface area (TPSA) is 45.6 Å². The standard InChI is InChI=1S/C30H36N2O2/c1-28-10-8-22-15-23-16-26(33)25(32(2)3)17-29(23)11-12-30(22,34-29)27(28)7-6-24(28)20-5-4-19-9-13-31-18-21(19)14-20/h4-5,8-9,13-15,18,24-27,33H,6-7,10-12,16-17H2,1-3H3/t24-,25?,26+,27-,28-,29-,30-/m1/s1. The molecule has 1 saturated heterocycles. The second kappa shape index (κ2) is 7.02. The van der Waals surface area contributed by atoms with Gasteiger partial charge in [0, 0.05) is 23.8 Å². The monoisotopic (exact) mass is 456 g/mol. The van der Waals surface area contributed by atoms with Gasteiger partial charge in [0.05, 0.1) is 17.3 Å². The van der Waals surface area contributed by atoms with Gasteiger partial charge in [-0.3, -0.25) is 4.98 Å². The predicted molar refractivity (Wildman–Crippen MR) is 135 cm³/mol. The molecule has 3 aliphatic carbocycles. The third-order valence-corrected chi connectivity index (χ3v) is 10.5. The highest BCUT2D eigenvalue weighted by Gasteiger charge is 2.67. The summed E-state index contributed by atoms with van der Waals surface area (Å²) in [5.74, 6) is 1.08. The number of hydrogen-bond acceptors (Lipinski definition) is 4. The van der Waals surface area contributed by atoms with Crippen LogP contribution in [0.1, 0.15) is 63.4 Å². The SMILES string of the molecule is CN(C)C1C[C@@]23CC[C@@]4(O2)C(=CC[C@]2(C)[C@@H](c5ccc6ccncc6c5)CC[C@H]24)C=C3C[C@@H]1O. The Morgan fingerprint density at radius 2 is 2.00 bits per heavy atom. The maximum atomic E-state index is 10.9. The van der Waals surface area contributed by atoms with Gasteiger partial charge in [0.2, 0.25) is 0 Å². The van der Waals surface area contributed by atoms with Crippen LogP contribution in [0.3, 0.4) is 0 Å². The van der Waals surface area contributed by atoms with Crippen molar-refractivity contribution in [1.29, 1.82) is 0 Å². The van der Waals surface area contributed by atoms with Crippen LogP contribution in [-0.4, -0.2) is 52.4 Å². The summed E-state index contributed by atoms with van der Waals surface area (Å²) in [5, 5.41) is 13.4.